The summed E-state index contributed by atoms with van der Waals surface area (Å²) in [5, 5.41) is 11.8. The highest BCUT2D eigenvalue weighted by Crippen LogP contribution is 2.54. The Morgan fingerprint density at radius 3 is 2.05 bits per heavy atom. The molecule has 202 valence electrons. The minimum Gasteiger partial charge on any atom is -0.465 e. The average Bonchev–Trinajstić information content (AvgIpc) is 3.15. The lowest BCUT2D eigenvalue weighted by Gasteiger charge is -2.37. The van der Waals surface area contributed by atoms with Gasteiger partial charge in [0.1, 0.15) is 6.04 Å². The molecule has 2 aromatic rings. The Morgan fingerprint density at radius 2 is 1.59 bits per heavy atom. The molecule has 1 atom stereocenters. The van der Waals surface area contributed by atoms with E-state index < -0.39 is 64.3 Å². The number of anilines is 1. The predicted molar refractivity (Wildman–Crippen MR) is 115 cm³/mol. The number of amides is 2. The molecular formula is C22H19F7N2O5S. The highest BCUT2D eigenvalue weighted by atomic mass is 32.2. The molecule has 3 rings (SSSR count). The summed E-state index contributed by atoms with van der Waals surface area (Å²) in [5.74, 6) is -0.984. The molecular weight excluding hydrogens is 537 g/mol. The molecule has 15 heteroatoms. The first kappa shape index (κ1) is 28.2. The zero-order valence-corrected chi connectivity index (χ0v) is 19.6. The molecule has 2 amide bonds. The van der Waals surface area contributed by atoms with Crippen LogP contribution in [0.25, 0.3) is 0 Å². The molecule has 7 nitrogen and oxygen atoms in total. The van der Waals surface area contributed by atoms with Crippen LogP contribution in [0.5, 0.6) is 0 Å². The maximum atomic E-state index is 13.6. The summed E-state index contributed by atoms with van der Waals surface area (Å²) in [6.07, 6.45) is -14.2. The van der Waals surface area contributed by atoms with Gasteiger partial charge in [-0.05, 0) is 41.0 Å². The number of carbonyl (C=O) groups excluding carboxylic acids is 1. The number of nitrogens with zero attached hydrogens (tertiary/aromatic N) is 1. The van der Waals surface area contributed by atoms with Crippen LogP contribution in [0.3, 0.4) is 0 Å². The Hall–Kier alpha value is -3.36. The number of halogens is 7. The Labute approximate surface area is 205 Å². The molecule has 0 fully saturated rings. The van der Waals surface area contributed by atoms with E-state index in [1.165, 1.54) is 18.2 Å². The molecule has 1 aliphatic heterocycles. The number of rotatable bonds is 6. The molecule has 37 heavy (non-hydrogen) atoms. The van der Waals surface area contributed by atoms with Gasteiger partial charge in [-0.25, -0.2) is 13.2 Å². The smallest absolute Gasteiger partial charge is 0.408 e. The van der Waals surface area contributed by atoms with Crippen molar-refractivity contribution < 1.29 is 53.8 Å². The van der Waals surface area contributed by atoms with Crippen LogP contribution in [0.2, 0.25) is 0 Å². The van der Waals surface area contributed by atoms with E-state index in [0.717, 1.165) is 18.4 Å². The van der Waals surface area contributed by atoms with Crippen molar-refractivity contribution in [3.63, 3.8) is 0 Å². The van der Waals surface area contributed by atoms with Gasteiger partial charge in [-0.1, -0.05) is 18.2 Å². The number of hydrogen-bond donors (Lipinski definition) is 2. The van der Waals surface area contributed by atoms with Gasteiger partial charge in [-0.3, -0.25) is 14.1 Å². The Bertz CT molecular complexity index is 1290. The van der Waals surface area contributed by atoms with Crippen LogP contribution in [0, 0.1) is 0 Å². The predicted octanol–water partition coefficient (Wildman–Crippen LogP) is 4.99. The van der Waals surface area contributed by atoms with Crippen molar-refractivity contribution in [2.24, 2.45) is 0 Å². The standard InChI is InChI=1S/C22H19F7N2O5S/c1-37(35,36)15-6-7-16-12(10-15)11-31(19(33)34)17(16)18(32)30-14-4-2-13(3-5-14)20(8-9-23,21(24,25)26)22(27,28)29/h2-7,10,17H,8-9,11H2,1H3,(H,30,32)(H,33,34). The topological polar surface area (TPSA) is 104 Å². The number of fused-ring (bicyclic) bond motifs is 1. The monoisotopic (exact) mass is 556 g/mol. The first-order valence-electron chi connectivity index (χ1n) is 10.4. The first-order valence-corrected chi connectivity index (χ1v) is 12.3. The van der Waals surface area contributed by atoms with E-state index in [0.29, 0.717) is 17.0 Å². The number of benzene rings is 2. The highest BCUT2D eigenvalue weighted by molar-refractivity contribution is 7.90. The van der Waals surface area contributed by atoms with Crippen molar-refractivity contribution in [1.82, 2.24) is 4.90 Å². The molecule has 2 aromatic carbocycles. The lowest BCUT2D eigenvalue weighted by atomic mass is 9.76. The van der Waals surface area contributed by atoms with Crippen molar-refractivity contribution in [2.75, 3.05) is 18.2 Å². The quantitative estimate of drug-likeness (QED) is 0.489. The summed E-state index contributed by atoms with van der Waals surface area (Å²) < 4.78 is 118. The second-order valence-electron chi connectivity index (χ2n) is 8.35. The first-order chi connectivity index (χ1) is 16.9. The zero-order valence-electron chi connectivity index (χ0n) is 18.8. The van der Waals surface area contributed by atoms with Gasteiger partial charge in [0, 0.05) is 18.4 Å². The SMILES string of the molecule is CS(=O)(=O)c1ccc2c(c1)CN(C(=O)O)C2C(=O)Nc1ccc(C(CCF)(C(F)(F)F)C(F)(F)F)cc1. The van der Waals surface area contributed by atoms with E-state index in [1.54, 1.807) is 0 Å². The molecule has 0 aliphatic carbocycles. The van der Waals surface area contributed by atoms with Crippen LogP contribution < -0.4 is 5.32 Å². The molecule has 0 spiro atoms. The summed E-state index contributed by atoms with van der Waals surface area (Å²) in [6, 6.07) is 4.59. The van der Waals surface area contributed by atoms with Gasteiger partial charge >= 0.3 is 18.4 Å². The third-order valence-electron chi connectivity index (χ3n) is 6.07. The number of sulfone groups is 1. The summed E-state index contributed by atoms with van der Waals surface area (Å²) in [6.45, 7) is -2.24. The fourth-order valence-electron chi connectivity index (χ4n) is 4.23. The maximum Gasteiger partial charge on any atom is 0.408 e. The van der Waals surface area contributed by atoms with Gasteiger partial charge in [-0.15, -0.1) is 0 Å². The summed E-state index contributed by atoms with van der Waals surface area (Å²) >= 11 is 0. The molecule has 0 radical (unpaired) electrons. The van der Waals surface area contributed by atoms with Crippen molar-refractivity contribution in [3.05, 3.63) is 59.2 Å². The molecule has 1 unspecified atom stereocenters. The van der Waals surface area contributed by atoms with E-state index in [4.69, 9.17) is 0 Å². The Kier molecular flexibility index (Phi) is 7.25. The third kappa shape index (κ3) is 5.08. The van der Waals surface area contributed by atoms with E-state index >= 15 is 0 Å². The fraction of sp³-hybridized carbons (Fsp3) is 0.364. The van der Waals surface area contributed by atoms with Crippen LogP contribution in [0.4, 0.5) is 41.2 Å². The lowest BCUT2D eigenvalue weighted by Crippen LogP contribution is -2.54. The average molecular weight is 556 g/mol. The molecule has 1 heterocycles. The van der Waals surface area contributed by atoms with Crippen LogP contribution in [0.1, 0.15) is 29.2 Å². The van der Waals surface area contributed by atoms with Gasteiger partial charge in [0.15, 0.2) is 15.3 Å². The van der Waals surface area contributed by atoms with Gasteiger partial charge in [0.2, 0.25) is 0 Å². The number of nitrogens with one attached hydrogen (secondary N) is 1. The minimum absolute atomic E-state index is 0.112. The van der Waals surface area contributed by atoms with Crippen LogP contribution >= 0.6 is 0 Å². The molecule has 0 saturated heterocycles. The molecule has 2 N–H and O–H groups in total. The number of carboxylic acid groups (broad SMARTS) is 1. The number of hydrogen-bond acceptors (Lipinski definition) is 4. The fourth-order valence-corrected chi connectivity index (χ4v) is 4.90. The Morgan fingerprint density at radius 1 is 1.03 bits per heavy atom. The molecule has 1 aliphatic rings. The van der Waals surface area contributed by atoms with Crippen LogP contribution in [-0.4, -0.2) is 55.7 Å². The second-order valence-corrected chi connectivity index (χ2v) is 10.4. The van der Waals surface area contributed by atoms with Crippen LogP contribution in [0.15, 0.2) is 47.4 Å². The summed E-state index contributed by atoms with van der Waals surface area (Å²) in [5.41, 5.74) is -5.63. The van der Waals surface area contributed by atoms with Gasteiger partial charge in [-0.2, -0.15) is 26.3 Å². The summed E-state index contributed by atoms with van der Waals surface area (Å²) in [4.78, 5) is 25.2. The van der Waals surface area contributed by atoms with Gasteiger partial charge in [0.25, 0.3) is 5.91 Å². The largest absolute Gasteiger partial charge is 0.465 e. The molecule has 0 saturated carbocycles. The normalized spacial score (nSPS) is 16.4. The number of alkyl halides is 7. The van der Waals surface area contributed by atoms with Crippen molar-refractivity contribution in [3.8, 4) is 0 Å². The molecule has 0 aromatic heterocycles. The van der Waals surface area contributed by atoms with E-state index in [-0.39, 0.29) is 28.3 Å². The van der Waals surface area contributed by atoms with Crippen molar-refractivity contribution in [1.29, 1.82) is 0 Å². The highest BCUT2D eigenvalue weighted by Gasteiger charge is 2.71. The Balaban J connectivity index is 1.95. The van der Waals surface area contributed by atoms with Crippen molar-refractivity contribution >= 4 is 27.5 Å². The number of carbonyl (C=O) groups is 2. The lowest BCUT2D eigenvalue weighted by molar-refractivity contribution is -0.306. The van der Waals surface area contributed by atoms with Crippen molar-refractivity contribution in [2.45, 2.75) is 41.7 Å². The molecule has 0 bridgehead atoms. The van der Waals surface area contributed by atoms with E-state index in [2.05, 4.69) is 5.32 Å². The van der Waals surface area contributed by atoms with Crippen LogP contribution in [-0.2, 0) is 26.6 Å². The maximum absolute atomic E-state index is 13.6. The minimum atomic E-state index is -5.87. The van der Waals surface area contributed by atoms with E-state index in [9.17, 15) is 53.8 Å². The third-order valence-corrected chi connectivity index (χ3v) is 7.18. The zero-order chi connectivity index (χ0) is 28.0. The van der Waals surface area contributed by atoms with E-state index in [1.807, 2.05) is 0 Å². The van der Waals surface area contributed by atoms with Gasteiger partial charge < -0.3 is 10.4 Å². The van der Waals surface area contributed by atoms with Gasteiger partial charge in [0.05, 0.1) is 18.1 Å². The summed E-state index contributed by atoms with van der Waals surface area (Å²) in [7, 11) is -3.64. The second kappa shape index (κ2) is 9.50.